The van der Waals surface area contributed by atoms with Crippen molar-refractivity contribution in [2.24, 2.45) is 0 Å². The zero-order chi connectivity index (χ0) is 24.7. The molecular weight excluding hydrogens is 453 g/mol. The Bertz CT molecular complexity index is 1030. The Kier molecular flexibility index (Phi) is 8.24. The Morgan fingerprint density at radius 2 is 1.85 bits per heavy atom. The first kappa shape index (κ1) is 25.2. The van der Waals surface area contributed by atoms with Crippen molar-refractivity contribution in [3.05, 3.63) is 46.8 Å². The molecule has 1 aliphatic heterocycles. The van der Waals surface area contributed by atoms with E-state index < -0.39 is 11.7 Å². The second-order valence-corrected chi connectivity index (χ2v) is 7.89. The number of benzene rings is 1. The zero-order valence-corrected chi connectivity index (χ0v) is 19.1. The van der Waals surface area contributed by atoms with E-state index in [9.17, 15) is 22.8 Å². The number of rotatable bonds is 7. The number of halogens is 3. The van der Waals surface area contributed by atoms with Gasteiger partial charge in [0.2, 0.25) is 5.91 Å². The summed E-state index contributed by atoms with van der Waals surface area (Å²) in [4.78, 5) is 29.0. The Labute approximate surface area is 195 Å². The van der Waals surface area contributed by atoms with E-state index in [0.717, 1.165) is 25.0 Å². The highest BCUT2D eigenvalue weighted by Gasteiger charge is 2.31. The number of ether oxygens (including phenoxy) is 1. The molecule has 0 saturated carbocycles. The molecule has 3 rings (SSSR count). The van der Waals surface area contributed by atoms with Crippen LogP contribution >= 0.6 is 0 Å². The van der Waals surface area contributed by atoms with E-state index in [1.807, 2.05) is 6.92 Å². The molecule has 0 aliphatic carbocycles. The fourth-order valence-electron chi connectivity index (χ4n) is 3.40. The molecular formula is C22H27F3N6O3. The molecule has 1 aromatic heterocycles. The van der Waals surface area contributed by atoms with Gasteiger partial charge in [0.25, 0.3) is 0 Å². The third kappa shape index (κ3) is 6.78. The molecule has 0 radical (unpaired) electrons. The molecule has 2 amide bonds. The lowest BCUT2D eigenvalue weighted by molar-refractivity contribution is -0.137. The van der Waals surface area contributed by atoms with Crippen molar-refractivity contribution in [3.8, 4) is 0 Å². The van der Waals surface area contributed by atoms with Crippen molar-refractivity contribution < 1.29 is 27.5 Å². The maximum atomic E-state index is 13.2. The minimum absolute atomic E-state index is 0.0303. The SMILES string of the molecule is CCCCOC(=O)N1CCN(C(=O)C=Cc2ccc(C(F)(F)F)cc2Cn2nnc(C)n2)CC1. The third-order valence-electron chi connectivity index (χ3n) is 5.31. The van der Waals surface area contributed by atoms with Gasteiger partial charge in [-0.05, 0) is 47.9 Å². The quantitative estimate of drug-likeness (QED) is 0.447. The molecule has 1 saturated heterocycles. The minimum Gasteiger partial charge on any atom is -0.449 e. The molecule has 0 atom stereocenters. The van der Waals surface area contributed by atoms with Gasteiger partial charge in [-0.3, -0.25) is 4.79 Å². The summed E-state index contributed by atoms with van der Waals surface area (Å²) in [6.07, 6.45) is -0.364. The number of hydrogen-bond acceptors (Lipinski definition) is 6. The summed E-state index contributed by atoms with van der Waals surface area (Å²) in [6.45, 7) is 5.36. The summed E-state index contributed by atoms with van der Waals surface area (Å²) in [7, 11) is 0. The number of tetrazole rings is 1. The molecule has 1 aliphatic rings. The fourth-order valence-corrected chi connectivity index (χ4v) is 3.40. The molecule has 2 aromatic rings. The van der Waals surface area contributed by atoms with Gasteiger partial charge in [-0.1, -0.05) is 19.4 Å². The van der Waals surface area contributed by atoms with E-state index >= 15 is 0 Å². The van der Waals surface area contributed by atoms with E-state index in [4.69, 9.17) is 4.74 Å². The van der Waals surface area contributed by atoms with Crippen LogP contribution in [0.3, 0.4) is 0 Å². The number of alkyl halides is 3. The minimum atomic E-state index is -4.50. The van der Waals surface area contributed by atoms with Crippen LogP contribution in [0.5, 0.6) is 0 Å². The molecule has 9 nitrogen and oxygen atoms in total. The van der Waals surface area contributed by atoms with Crippen LogP contribution in [0.15, 0.2) is 24.3 Å². The second-order valence-electron chi connectivity index (χ2n) is 7.89. The van der Waals surface area contributed by atoms with Crippen LogP contribution in [0.1, 0.15) is 42.3 Å². The van der Waals surface area contributed by atoms with E-state index in [1.54, 1.807) is 16.7 Å². The van der Waals surface area contributed by atoms with Crippen molar-refractivity contribution in [2.75, 3.05) is 32.8 Å². The summed E-state index contributed by atoms with van der Waals surface area (Å²) in [6, 6.07) is 3.30. The molecule has 0 N–H and O–H groups in total. The van der Waals surface area contributed by atoms with E-state index in [0.29, 0.717) is 49.7 Å². The summed E-state index contributed by atoms with van der Waals surface area (Å²) >= 11 is 0. The number of hydrogen-bond donors (Lipinski definition) is 0. The molecule has 0 spiro atoms. The standard InChI is InChI=1S/C22H27F3N6O3/c1-3-4-13-34-21(33)30-11-9-29(10-12-30)20(32)8-6-17-5-7-19(22(23,24)25)14-18(17)15-31-27-16(2)26-28-31/h5-8,14H,3-4,9-13,15H2,1-2H3. The van der Waals surface area contributed by atoms with Gasteiger partial charge in [-0.25, -0.2) is 4.79 Å². The van der Waals surface area contributed by atoms with E-state index in [2.05, 4.69) is 15.4 Å². The number of nitrogens with zero attached hydrogens (tertiary/aromatic N) is 6. The Balaban J connectivity index is 1.66. The normalized spacial score (nSPS) is 14.6. The van der Waals surface area contributed by atoms with Gasteiger partial charge in [0.1, 0.15) is 0 Å². The van der Waals surface area contributed by atoms with Crippen LogP contribution in [-0.2, 0) is 22.3 Å². The first-order valence-electron chi connectivity index (χ1n) is 11.0. The third-order valence-corrected chi connectivity index (χ3v) is 5.31. The molecule has 2 heterocycles. The highest BCUT2D eigenvalue weighted by atomic mass is 19.4. The van der Waals surface area contributed by atoms with Crippen LogP contribution in [0.2, 0.25) is 0 Å². The van der Waals surface area contributed by atoms with Gasteiger partial charge in [-0.15, -0.1) is 10.2 Å². The number of carbonyl (C=O) groups excluding carboxylic acids is 2. The lowest BCUT2D eigenvalue weighted by Crippen LogP contribution is -2.50. The maximum absolute atomic E-state index is 13.2. The van der Waals surface area contributed by atoms with E-state index in [-0.39, 0.29) is 18.5 Å². The van der Waals surface area contributed by atoms with Crippen molar-refractivity contribution >= 4 is 18.1 Å². The van der Waals surface area contributed by atoms with Gasteiger partial charge in [0, 0.05) is 32.3 Å². The Hall–Kier alpha value is -3.44. The van der Waals surface area contributed by atoms with Crippen molar-refractivity contribution in [2.45, 2.75) is 39.4 Å². The lowest BCUT2D eigenvalue weighted by Gasteiger charge is -2.33. The molecule has 34 heavy (non-hydrogen) atoms. The van der Waals surface area contributed by atoms with Gasteiger partial charge in [0.05, 0.1) is 18.7 Å². The Morgan fingerprint density at radius 3 is 2.47 bits per heavy atom. The number of unbranched alkanes of at least 4 members (excludes halogenated alkanes) is 1. The predicted molar refractivity (Wildman–Crippen MR) is 117 cm³/mol. The second kappa shape index (κ2) is 11.1. The highest BCUT2D eigenvalue weighted by Crippen LogP contribution is 2.31. The molecule has 0 bridgehead atoms. The number of aromatic nitrogens is 4. The zero-order valence-electron chi connectivity index (χ0n) is 19.1. The van der Waals surface area contributed by atoms with Crippen LogP contribution in [0.25, 0.3) is 6.08 Å². The number of aryl methyl sites for hydroxylation is 1. The van der Waals surface area contributed by atoms with Crippen molar-refractivity contribution in [1.82, 2.24) is 30.0 Å². The average molecular weight is 480 g/mol. The summed E-state index contributed by atoms with van der Waals surface area (Å²) < 4.78 is 44.8. The van der Waals surface area contributed by atoms with Gasteiger partial charge >= 0.3 is 12.3 Å². The summed E-state index contributed by atoms with van der Waals surface area (Å²) in [5.41, 5.74) is -0.0601. The fraction of sp³-hybridized carbons (Fsp3) is 0.500. The summed E-state index contributed by atoms with van der Waals surface area (Å²) in [5, 5.41) is 11.6. The van der Waals surface area contributed by atoms with Crippen LogP contribution in [0.4, 0.5) is 18.0 Å². The predicted octanol–water partition coefficient (Wildman–Crippen LogP) is 3.14. The van der Waals surface area contributed by atoms with Crippen LogP contribution in [0, 0.1) is 6.92 Å². The van der Waals surface area contributed by atoms with Gasteiger partial charge in [0.15, 0.2) is 5.82 Å². The summed E-state index contributed by atoms with van der Waals surface area (Å²) in [5.74, 6) is 0.104. The first-order valence-corrected chi connectivity index (χ1v) is 11.0. The Morgan fingerprint density at radius 1 is 1.15 bits per heavy atom. The highest BCUT2D eigenvalue weighted by molar-refractivity contribution is 5.92. The largest absolute Gasteiger partial charge is 0.449 e. The molecule has 184 valence electrons. The number of amides is 2. The van der Waals surface area contributed by atoms with Crippen molar-refractivity contribution in [3.63, 3.8) is 0 Å². The molecule has 12 heteroatoms. The number of carbonyl (C=O) groups is 2. The maximum Gasteiger partial charge on any atom is 0.416 e. The van der Waals surface area contributed by atoms with Gasteiger partial charge < -0.3 is 14.5 Å². The first-order chi connectivity index (χ1) is 16.2. The topological polar surface area (TPSA) is 93.5 Å². The van der Waals surface area contributed by atoms with E-state index in [1.165, 1.54) is 23.0 Å². The lowest BCUT2D eigenvalue weighted by atomic mass is 10.0. The van der Waals surface area contributed by atoms with Crippen molar-refractivity contribution in [1.29, 1.82) is 0 Å². The molecule has 1 fully saturated rings. The molecule has 1 aromatic carbocycles. The monoisotopic (exact) mass is 480 g/mol. The van der Waals surface area contributed by atoms with Crippen LogP contribution < -0.4 is 0 Å². The van der Waals surface area contributed by atoms with Gasteiger partial charge in [-0.2, -0.15) is 18.0 Å². The number of piperazine rings is 1. The smallest absolute Gasteiger partial charge is 0.416 e. The average Bonchev–Trinajstić information content (AvgIpc) is 3.22. The van der Waals surface area contributed by atoms with Crippen LogP contribution in [-0.4, -0.2) is 74.8 Å². The molecule has 0 unspecified atom stereocenters.